The summed E-state index contributed by atoms with van der Waals surface area (Å²) in [5, 5.41) is 12.6. The second-order valence-corrected chi connectivity index (χ2v) is 6.74. The molecule has 0 saturated carbocycles. The van der Waals surface area contributed by atoms with Gasteiger partial charge in [0.25, 0.3) is 0 Å². The predicted octanol–water partition coefficient (Wildman–Crippen LogP) is -0.475. The van der Waals surface area contributed by atoms with Gasteiger partial charge in [-0.05, 0) is 25.8 Å². The first-order chi connectivity index (χ1) is 7.58. The molecule has 2 N–H and O–H groups in total. The first-order valence-electron chi connectivity index (χ1n) is 5.97. The third kappa shape index (κ3) is 2.94. The van der Waals surface area contributed by atoms with Crippen molar-refractivity contribution in [3.8, 4) is 0 Å². The van der Waals surface area contributed by atoms with Gasteiger partial charge in [0, 0.05) is 19.1 Å². The fourth-order valence-corrected chi connectivity index (χ4v) is 4.18. The van der Waals surface area contributed by atoms with Crippen LogP contribution < -0.4 is 5.32 Å². The van der Waals surface area contributed by atoms with Gasteiger partial charge < -0.3 is 10.4 Å². The van der Waals surface area contributed by atoms with Gasteiger partial charge in [0.05, 0.1) is 11.9 Å². The number of sulfonamides is 1. The molecule has 2 rings (SSSR count). The topological polar surface area (TPSA) is 69.6 Å². The predicted molar refractivity (Wildman–Crippen MR) is 61.6 cm³/mol. The first-order valence-corrected chi connectivity index (χ1v) is 7.58. The van der Waals surface area contributed by atoms with Crippen molar-refractivity contribution in [3.05, 3.63) is 0 Å². The van der Waals surface area contributed by atoms with E-state index in [1.807, 2.05) is 0 Å². The number of β-amino-alcohol motifs (C(OH)–C–C–N with tert-alkyl or cyclic N) is 1. The maximum absolute atomic E-state index is 12.0. The minimum absolute atomic E-state index is 0.0940. The molecular weight excluding hydrogens is 228 g/mol. The molecule has 0 bridgehead atoms. The molecule has 0 aliphatic carbocycles. The van der Waals surface area contributed by atoms with E-state index in [4.69, 9.17) is 0 Å². The van der Waals surface area contributed by atoms with E-state index in [1.54, 1.807) is 0 Å². The Balaban J connectivity index is 1.91. The second kappa shape index (κ2) is 5.00. The average Bonchev–Trinajstić information content (AvgIpc) is 2.66. The van der Waals surface area contributed by atoms with Crippen LogP contribution >= 0.6 is 0 Å². The van der Waals surface area contributed by atoms with Crippen LogP contribution in [-0.2, 0) is 10.0 Å². The number of nitrogens with one attached hydrogen (secondary N) is 1. The Hall–Kier alpha value is -0.170. The highest BCUT2D eigenvalue weighted by Crippen LogP contribution is 2.17. The van der Waals surface area contributed by atoms with Crippen LogP contribution in [0, 0.1) is 0 Å². The second-order valence-electron chi connectivity index (χ2n) is 4.73. The first kappa shape index (κ1) is 12.3. The Morgan fingerprint density at radius 2 is 2.12 bits per heavy atom. The zero-order valence-corrected chi connectivity index (χ0v) is 10.2. The van der Waals surface area contributed by atoms with E-state index in [1.165, 1.54) is 4.31 Å². The van der Waals surface area contributed by atoms with Crippen LogP contribution in [0.5, 0.6) is 0 Å². The number of aliphatic hydroxyl groups is 1. The van der Waals surface area contributed by atoms with E-state index in [9.17, 15) is 13.5 Å². The Bertz CT molecular complexity index is 325. The number of hydrogen-bond acceptors (Lipinski definition) is 4. The van der Waals surface area contributed by atoms with Gasteiger partial charge >= 0.3 is 0 Å². The number of rotatable bonds is 3. The van der Waals surface area contributed by atoms with Crippen LogP contribution in [-0.4, -0.2) is 55.4 Å². The van der Waals surface area contributed by atoms with Crippen LogP contribution in [0.3, 0.4) is 0 Å². The molecule has 0 spiro atoms. The molecule has 0 aromatic heterocycles. The SMILES string of the molecule is O=S(=O)(CC1CCCCN1)N1CCC(O)C1. The lowest BCUT2D eigenvalue weighted by atomic mass is 10.1. The number of piperidine rings is 1. The standard InChI is InChI=1S/C10H20N2O3S/c13-10-4-6-12(7-10)16(14,15)8-9-3-1-2-5-11-9/h9-11,13H,1-8H2. The molecule has 2 heterocycles. The fraction of sp³-hybridized carbons (Fsp3) is 1.00. The molecule has 2 saturated heterocycles. The minimum Gasteiger partial charge on any atom is -0.392 e. The van der Waals surface area contributed by atoms with Gasteiger partial charge in [-0.2, -0.15) is 4.31 Å². The van der Waals surface area contributed by atoms with E-state index in [0.717, 1.165) is 25.8 Å². The Morgan fingerprint density at radius 3 is 2.69 bits per heavy atom. The van der Waals surface area contributed by atoms with Crippen molar-refractivity contribution < 1.29 is 13.5 Å². The van der Waals surface area contributed by atoms with Crippen molar-refractivity contribution in [3.63, 3.8) is 0 Å². The van der Waals surface area contributed by atoms with Gasteiger partial charge in [-0.15, -0.1) is 0 Å². The molecule has 2 atom stereocenters. The minimum atomic E-state index is -3.18. The van der Waals surface area contributed by atoms with Gasteiger partial charge in [-0.25, -0.2) is 8.42 Å². The number of hydrogen-bond donors (Lipinski definition) is 2. The van der Waals surface area contributed by atoms with Crippen molar-refractivity contribution in [2.45, 2.75) is 37.8 Å². The molecule has 0 amide bonds. The number of aliphatic hydroxyl groups excluding tert-OH is 1. The Morgan fingerprint density at radius 1 is 1.31 bits per heavy atom. The summed E-state index contributed by atoms with van der Waals surface area (Å²) in [5.41, 5.74) is 0. The van der Waals surface area contributed by atoms with Crippen molar-refractivity contribution in [1.29, 1.82) is 0 Å². The van der Waals surface area contributed by atoms with E-state index in [-0.39, 0.29) is 18.3 Å². The Kier molecular flexibility index (Phi) is 3.84. The van der Waals surface area contributed by atoms with Gasteiger partial charge in [-0.3, -0.25) is 0 Å². The molecule has 94 valence electrons. The molecule has 2 unspecified atom stereocenters. The molecule has 16 heavy (non-hydrogen) atoms. The third-order valence-electron chi connectivity index (χ3n) is 3.34. The van der Waals surface area contributed by atoms with Gasteiger partial charge in [0.1, 0.15) is 0 Å². The van der Waals surface area contributed by atoms with Gasteiger partial charge in [0.15, 0.2) is 0 Å². The van der Waals surface area contributed by atoms with Crippen molar-refractivity contribution >= 4 is 10.0 Å². The van der Waals surface area contributed by atoms with Crippen molar-refractivity contribution in [1.82, 2.24) is 9.62 Å². The maximum atomic E-state index is 12.0. The summed E-state index contributed by atoms with van der Waals surface area (Å²) in [6.07, 6.45) is 3.27. The Labute approximate surface area is 96.9 Å². The molecule has 2 fully saturated rings. The fourth-order valence-electron chi connectivity index (χ4n) is 2.39. The maximum Gasteiger partial charge on any atom is 0.215 e. The summed E-state index contributed by atoms with van der Waals surface area (Å²) >= 11 is 0. The lowest BCUT2D eigenvalue weighted by molar-refractivity contribution is 0.189. The summed E-state index contributed by atoms with van der Waals surface area (Å²) in [6, 6.07) is 0.0940. The summed E-state index contributed by atoms with van der Waals surface area (Å²) in [5.74, 6) is 0.180. The molecule has 2 aliphatic rings. The summed E-state index contributed by atoms with van der Waals surface area (Å²) in [6.45, 7) is 1.66. The highest BCUT2D eigenvalue weighted by atomic mass is 32.2. The molecule has 6 heteroatoms. The molecule has 0 aromatic carbocycles. The van der Waals surface area contributed by atoms with Crippen molar-refractivity contribution in [2.75, 3.05) is 25.4 Å². The number of nitrogens with zero attached hydrogens (tertiary/aromatic N) is 1. The monoisotopic (exact) mass is 248 g/mol. The van der Waals surface area contributed by atoms with E-state index < -0.39 is 16.1 Å². The van der Waals surface area contributed by atoms with Crippen molar-refractivity contribution in [2.24, 2.45) is 0 Å². The van der Waals surface area contributed by atoms with E-state index >= 15 is 0 Å². The third-order valence-corrected chi connectivity index (χ3v) is 5.29. The summed E-state index contributed by atoms with van der Waals surface area (Å²) in [4.78, 5) is 0. The van der Waals surface area contributed by atoms with Gasteiger partial charge in [0.2, 0.25) is 10.0 Å². The lowest BCUT2D eigenvalue weighted by Gasteiger charge is -2.25. The molecule has 2 aliphatic heterocycles. The zero-order valence-electron chi connectivity index (χ0n) is 9.43. The molecular formula is C10H20N2O3S. The zero-order chi connectivity index (χ0) is 11.6. The summed E-state index contributed by atoms with van der Waals surface area (Å²) < 4.78 is 25.5. The van der Waals surface area contributed by atoms with Crippen LogP contribution in [0.25, 0.3) is 0 Å². The van der Waals surface area contributed by atoms with E-state index in [2.05, 4.69) is 5.32 Å². The van der Waals surface area contributed by atoms with Crippen LogP contribution in [0.2, 0.25) is 0 Å². The van der Waals surface area contributed by atoms with E-state index in [0.29, 0.717) is 13.0 Å². The van der Waals surface area contributed by atoms with Crippen LogP contribution in [0.1, 0.15) is 25.7 Å². The average molecular weight is 248 g/mol. The molecule has 0 radical (unpaired) electrons. The molecule has 0 aromatic rings. The largest absolute Gasteiger partial charge is 0.392 e. The summed E-state index contributed by atoms with van der Waals surface area (Å²) in [7, 11) is -3.18. The highest BCUT2D eigenvalue weighted by Gasteiger charge is 2.32. The van der Waals surface area contributed by atoms with Crippen LogP contribution in [0.4, 0.5) is 0 Å². The smallest absolute Gasteiger partial charge is 0.215 e. The molecule has 5 nitrogen and oxygen atoms in total. The normalized spacial score (nSPS) is 33.1. The lowest BCUT2D eigenvalue weighted by Crippen LogP contribution is -2.43. The van der Waals surface area contributed by atoms with Crippen LogP contribution in [0.15, 0.2) is 0 Å². The quantitative estimate of drug-likeness (QED) is 0.708. The highest BCUT2D eigenvalue weighted by molar-refractivity contribution is 7.89. The van der Waals surface area contributed by atoms with Gasteiger partial charge in [-0.1, -0.05) is 6.42 Å².